The Kier molecular flexibility index (Phi) is 7.98. The van der Waals surface area contributed by atoms with Gasteiger partial charge < -0.3 is 24.0 Å². The van der Waals surface area contributed by atoms with E-state index in [1.807, 2.05) is 60.7 Å². The van der Waals surface area contributed by atoms with Crippen LogP contribution in [0.5, 0.6) is 5.75 Å². The average Bonchev–Trinajstić information content (AvgIpc) is 3.54. The van der Waals surface area contributed by atoms with Crippen LogP contribution in [-0.2, 0) is 9.47 Å². The molecule has 5 heterocycles. The number of carbonyl (C=O) groups is 2. The van der Waals surface area contributed by atoms with Crippen molar-refractivity contribution < 1.29 is 23.8 Å². The van der Waals surface area contributed by atoms with Gasteiger partial charge in [-0.3, -0.25) is 0 Å². The topological polar surface area (TPSA) is 116 Å². The Balaban J connectivity index is 1.66. The van der Waals surface area contributed by atoms with Crippen molar-refractivity contribution in [3.05, 3.63) is 35.9 Å². The number of hydrogen-bond donors (Lipinski definition) is 0. The number of rotatable bonds is 4. The summed E-state index contributed by atoms with van der Waals surface area (Å²) in [6.45, 7) is 19.7. The van der Waals surface area contributed by atoms with Gasteiger partial charge in [0.25, 0.3) is 0 Å². The number of amides is 1. The number of carbonyl (C=O) groups excluding carboxylic acids is 2. The minimum atomic E-state index is -0.716. The van der Waals surface area contributed by atoms with Crippen LogP contribution < -0.4 is 9.64 Å². The second-order valence-corrected chi connectivity index (χ2v) is 13.5. The first-order valence-corrected chi connectivity index (χ1v) is 15.0. The molecule has 0 spiro atoms. The van der Waals surface area contributed by atoms with Crippen LogP contribution in [0.1, 0.15) is 72.4 Å². The van der Waals surface area contributed by atoms with Crippen molar-refractivity contribution in [1.82, 2.24) is 29.0 Å². The minimum absolute atomic E-state index is 0.0339. The molecule has 4 aromatic heterocycles. The lowest BCUT2D eigenvalue weighted by molar-refractivity contribution is 0.0240. The summed E-state index contributed by atoms with van der Waals surface area (Å²) >= 11 is 0. The fourth-order valence-electron chi connectivity index (χ4n) is 5.72. The fraction of sp³-hybridized carbons (Fsp3) is 0.531. The van der Waals surface area contributed by atoms with Crippen molar-refractivity contribution in [1.29, 1.82) is 0 Å². The first-order chi connectivity index (χ1) is 20.6. The Morgan fingerprint density at radius 3 is 2.16 bits per heavy atom. The van der Waals surface area contributed by atoms with Crippen molar-refractivity contribution in [2.75, 3.05) is 38.2 Å². The molecule has 1 aliphatic rings. The standard InChI is InChI=1S/C32H43N7O5/c1-19(2)24-25-20(3)27(36-11-13-37(14-12-36)29(40)43-31(4,5)6)33-16-22(25)39(30(41)44-32(7,8)9)26(24)21-15-23(42-10)28-34-18-35-38(28)17-21/h15-19H,11-14H2,1-10H3. The number of fused-ring (bicyclic) bond motifs is 2. The van der Waals surface area contributed by atoms with E-state index in [1.165, 1.54) is 6.33 Å². The van der Waals surface area contributed by atoms with Crippen LogP contribution in [0.2, 0.25) is 0 Å². The molecule has 5 rings (SSSR count). The number of aryl methyl sites for hydroxylation is 1. The van der Waals surface area contributed by atoms with Gasteiger partial charge in [0.2, 0.25) is 0 Å². The highest BCUT2D eigenvalue weighted by atomic mass is 16.6. The summed E-state index contributed by atoms with van der Waals surface area (Å²) in [5.41, 5.74) is 3.33. The zero-order valence-corrected chi connectivity index (χ0v) is 27.4. The molecule has 236 valence electrons. The lowest BCUT2D eigenvalue weighted by Gasteiger charge is -2.36. The van der Waals surface area contributed by atoms with E-state index >= 15 is 0 Å². The number of anilines is 1. The van der Waals surface area contributed by atoms with Crippen molar-refractivity contribution in [3.63, 3.8) is 0 Å². The quantitative estimate of drug-likeness (QED) is 0.275. The Morgan fingerprint density at radius 2 is 1.57 bits per heavy atom. The van der Waals surface area contributed by atoms with Crippen LogP contribution in [0.25, 0.3) is 27.8 Å². The molecule has 0 saturated carbocycles. The predicted octanol–water partition coefficient (Wildman–Crippen LogP) is 6.03. The zero-order valence-electron chi connectivity index (χ0n) is 27.4. The Bertz CT molecular complexity index is 1720. The molecule has 0 N–H and O–H groups in total. The van der Waals surface area contributed by atoms with Crippen molar-refractivity contribution in [3.8, 4) is 17.0 Å². The number of methoxy groups -OCH3 is 1. The van der Waals surface area contributed by atoms with Gasteiger partial charge >= 0.3 is 12.2 Å². The minimum Gasteiger partial charge on any atom is -0.493 e. The van der Waals surface area contributed by atoms with Crippen LogP contribution in [0.4, 0.5) is 15.4 Å². The molecule has 1 amide bonds. The third kappa shape index (κ3) is 5.89. The maximum absolute atomic E-state index is 14.0. The van der Waals surface area contributed by atoms with Gasteiger partial charge in [0.15, 0.2) is 11.4 Å². The number of hydrogen-bond acceptors (Lipinski definition) is 9. The van der Waals surface area contributed by atoms with E-state index < -0.39 is 17.3 Å². The van der Waals surface area contributed by atoms with Crippen LogP contribution in [0, 0.1) is 6.92 Å². The third-order valence-electron chi connectivity index (χ3n) is 7.48. The van der Waals surface area contributed by atoms with Crippen molar-refractivity contribution >= 4 is 34.6 Å². The number of nitrogens with zero attached hydrogens (tertiary/aromatic N) is 7. The molecule has 0 atom stereocenters. The maximum atomic E-state index is 14.0. The summed E-state index contributed by atoms with van der Waals surface area (Å²) in [6.07, 6.45) is 4.27. The van der Waals surface area contributed by atoms with E-state index in [0.29, 0.717) is 48.8 Å². The van der Waals surface area contributed by atoms with Gasteiger partial charge in [-0.1, -0.05) is 13.8 Å². The van der Waals surface area contributed by atoms with Gasteiger partial charge in [-0.25, -0.2) is 28.6 Å². The van der Waals surface area contributed by atoms with Gasteiger partial charge in [-0.15, -0.1) is 0 Å². The summed E-state index contributed by atoms with van der Waals surface area (Å²) in [4.78, 5) is 39.8. The largest absolute Gasteiger partial charge is 0.493 e. The van der Waals surface area contributed by atoms with E-state index in [2.05, 4.69) is 28.8 Å². The average molecular weight is 606 g/mol. The number of ether oxygens (including phenoxy) is 3. The molecule has 1 saturated heterocycles. The van der Waals surface area contributed by atoms with E-state index in [0.717, 1.165) is 27.9 Å². The molecular formula is C32H43N7O5. The fourth-order valence-corrected chi connectivity index (χ4v) is 5.72. The van der Waals surface area contributed by atoms with Gasteiger partial charge in [0.05, 0.1) is 24.5 Å². The monoisotopic (exact) mass is 605 g/mol. The molecule has 0 aliphatic carbocycles. The number of pyridine rings is 2. The van der Waals surface area contributed by atoms with Gasteiger partial charge in [-0.2, -0.15) is 5.10 Å². The van der Waals surface area contributed by atoms with E-state index in [9.17, 15) is 9.59 Å². The van der Waals surface area contributed by atoms with Crippen molar-refractivity contribution in [2.24, 2.45) is 0 Å². The lowest BCUT2D eigenvalue weighted by Crippen LogP contribution is -2.50. The van der Waals surface area contributed by atoms with E-state index in [1.54, 1.807) is 27.3 Å². The Hall–Kier alpha value is -4.35. The first kappa shape index (κ1) is 31.1. The van der Waals surface area contributed by atoms with Crippen LogP contribution in [0.15, 0.2) is 24.8 Å². The summed E-state index contributed by atoms with van der Waals surface area (Å²) in [5, 5.41) is 5.29. The number of aromatic nitrogens is 5. The van der Waals surface area contributed by atoms with E-state index in [-0.39, 0.29) is 12.0 Å². The van der Waals surface area contributed by atoms with Gasteiger partial charge in [0, 0.05) is 48.9 Å². The SMILES string of the molecule is COc1cc(-c2c(C(C)C)c3c(C)c(N4CCN(C(=O)OC(C)(C)C)CC4)ncc3n2C(=O)OC(C)(C)C)cn2ncnc12. The van der Waals surface area contributed by atoms with Crippen LogP contribution >= 0.6 is 0 Å². The molecule has 1 aliphatic heterocycles. The van der Waals surface area contributed by atoms with Crippen LogP contribution in [0.3, 0.4) is 0 Å². The molecule has 4 aromatic rings. The highest BCUT2D eigenvalue weighted by molar-refractivity contribution is 6.02. The molecule has 0 aromatic carbocycles. The maximum Gasteiger partial charge on any atom is 0.419 e. The molecule has 44 heavy (non-hydrogen) atoms. The summed E-state index contributed by atoms with van der Waals surface area (Å²) < 4.78 is 20.5. The van der Waals surface area contributed by atoms with Crippen LogP contribution in [-0.4, -0.2) is 85.7 Å². The Labute approximate surface area is 257 Å². The third-order valence-corrected chi connectivity index (χ3v) is 7.48. The first-order valence-electron chi connectivity index (χ1n) is 15.0. The van der Waals surface area contributed by atoms with Gasteiger partial charge in [0.1, 0.15) is 23.3 Å². The zero-order chi connectivity index (χ0) is 32.1. The molecule has 0 radical (unpaired) electrons. The molecule has 12 nitrogen and oxygen atoms in total. The summed E-state index contributed by atoms with van der Waals surface area (Å²) in [7, 11) is 1.59. The predicted molar refractivity (Wildman–Crippen MR) is 169 cm³/mol. The van der Waals surface area contributed by atoms with E-state index in [4.69, 9.17) is 19.2 Å². The molecule has 1 fully saturated rings. The molecule has 12 heteroatoms. The Morgan fingerprint density at radius 1 is 0.932 bits per heavy atom. The van der Waals surface area contributed by atoms with Gasteiger partial charge in [-0.05, 0) is 66.0 Å². The second-order valence-electron chi connectivity index (χ2n) is 13.5. The highest BCUT2D eigenvalue weighted by Crippen LogP contribution is 2.43. The summed E-state index contributed by atoms with van der Waals surface area (Å²) in [5.74, 6) is 1.39. The number of piperazine rings is 1. The smallest absolute Gasteiger partial charge is 0.419 e. The van der Waals surface area contributed by atoms with Crippen molar-refractivity contribution in [2.45, 2.75) is 79.4 Å². The molecular weight excluding hydrogens is 562 g/mol. The second kappa shape index (κ2) is 11.3. The molecule has 0 unspecified atom stereocenters. The molecule has 0 bridgehead atoms. The highest BCUT2D eigenvalue weighted by Gasteiger charge is 2.32. The lowest BCUT2D eigenvalue weighted by atomic mass is 9.94. The summed E-state index contributed by atoms with van der Waals surface area (Å²) in [6, 6.07) is 1.88. The normalized spacial score (nSPS) is 14.5.